The second kappa shape index (κ2) is 10.2. The van der Waals surface area contributed by atoms with Crippen molar-refractivity contribution < 1.29 is 9.59 Å². The number of nitrogens with zero attached hydrogens (tertiary/aromatic N) is 2. The summed E-state index contributed by atoms with van der Waals surface area (Å²) >= 11 is 0. The van der Waals surface area contributed by atoms with E-state index in [0.717, 1.165) is 54.9 Å². The maximum Gasteiger partial charge on any atom is 0.138 e. The normalized spacial score (nSPS) is 19.6. The average molecular weight is 417 g/mol. The number of carbonyl (C=O) groups is 2. The SMILES string of the molecule is O=C1CCC/C(=N/Nc2ccc(Cc3ccc(N/N=C4/CCCC(=O)C4)cc3)cc2)C1. The highest BCUT2D eigenvalue weighted by molar-refractivity contribution is 6.04. The zero-order valence-electron chi connectivity index (χ0n) is 17.7. The first-order valence-electron chi connectivity index (χ1n) is 11.0. The van der Waals surface area contributed by atoms with Gasteiger partial charge in [0.1, 0.15) is 11.6 Å². The maximum atomic E-state index is 11.5. The molecule has 6 nitrogen and oxygen atoms in total. The van der Waals surface area contributed by atoms with Crippen LogP contribution >= 0.6 is 0 Å². The third kappa shape index (κ3) is 6.35. The smallest absolute Gasteiger partial charge is 0.138 e. The van der Waals surface area contributed by atoms with Gasteiger partial charge in [-0.1, -0.05) is 24.3 Å². The van der Waals surface area contributed by atoms with E-state index >= 15 is 0 Å². The van der Waals surface area contributed by atoms with Crippen LogP contribution in [0.15, 0.2) is 58.7 Å². The number of Topliss-reactive ketones (excluding diaryl/α,β-unsaturated/α-hetero) is 2. The third-order valence-corrected chi connectivity index (χ3v) is 5.65. The van der Waals surface area contributed by atoms with Gasteiger partial charge in [-0.25, -0.2) is 0 Å². The summed E-state index contributed by atoms with van der Waals surface area (Å²) in [6.45, 7) is 0. The largest absolute Gasteiger partial charge is 0.299 e. The minimum atomic E-state index is 0.278. The van der Waals surface area contributed by atoms with Crippen molar-refractivity contribution in [3.8, 4) is 0 Å². The van der Waals surface area contributed by atoms with Gasteiger partial charge in [0.25, 0.3) is 0 Å². The lowest BCUT2D eigenvalue weighted by molar-refractivity contribution is -0.119. The van der Waals surface area contributed by atoms with E-state index in [1.807, 2.05) is 24.3 Å². The first-order valence-corrected chi connectivity index (χ1v) is 11.0. The summed E-state index contributed by atoms with van der Waals surface area (Å²) < 4.78 is 0. The zero-order valence-corrected chi connectivity index (χ0v) is 17.7. The summed E-state index contributed by atoms with van der Waals surface area (Å²) in [5.41, 5.74) is 12.3. The monoisotopic (exact) mass is 416 g/mol. The van der Waals surface area contributed by atoms with Gasteiger partial charge in [0.05, 0.1) is 11.4 Å². The summed E-state index contributed by atoms with van der Waals surface area (Å²) in [5, 5.41) is 8.78. The van der Waals surface area contributed by atoms with Gasteiger partial charge in [-0.05, 0) is 67.5 Å². The lowest BCUT2D eigenvalue weighted by Gasteiger charge is -2.12. The minimum absolute atomic E-state index is 0.278. The van der Waals surface area contributed by atoms with E-state index < -0.39 is 0 Å². The summed E-state index contributed by atoms with van der Waals surface area (Å²) in [7, 11) is 0. The summed E-state index contributed by atoms with van der Waals surface area (Å²) in [6, 6.07) is 16.4. The summed E-state index contributed by atoms with van der Waals surface area (Å²) in [5.74, 6) is 0.555. The fourth-order valence-electron chi connectivity index (χ4n) is 3.90. The van der Waals surface area contributed by atoms with Crippen molar-refractivity contribution in [1.82, 2.24) is 0 Å². The highest BCUT2D eigenvalue weighted by Crippen LogP contribution is 2.18. The molecule has 0 heterocycles. The molecule has 4 rings (SSSR count). The molecule has 160 valence electrons. The molecule has 0 atom stereocenters. The van der Waals surface area contributed by atoms with Crippen LogP contribution in [0.2, 0.25) is 0 Å². The summed E-state index contributed by atoms with van der Waals surface area (Å²) in [6.07, 6.45) is 6.74. The van der Waals surface area contributed by atoms with Crippen molar-refractivity contribution in [2.45, 2.75) is 57.8 Å². The molecule has 0 spiro atoms. The number of nitrogens with one attached hydrogen (secondary N) is 2. The molecule has 0 bridgehead atoms. The van der Waals surface area contributed by atoms with Crippen LogP contribution in [0.5, 0.6) is 0 Å². The molecule has 0 aromatic heterocycles. The Morgan fingerprint density at radius 3 is 1.42 bits per heavy atom. The molecule has 2 N–H and O–H groups in total. The van der Waals surface area contributed by atoms with Crippen molar-refractivity contribution in [1.29, 1.82) is 0 Å². The second-order valence-corrected chi connectivity index (χ2v) is 8.29. The molecule has 2 aliphatic carbocycles. The van der Waals surface area contributed by atoms with Crippen LogP contribution in [0.4, 0.5) is 11.4 Å². The van der Waals surface area contributed by atoms with Gasteiger partial charge in [0, 0.05) is 37.1 Å². The average Bonchev–Trinajstić information content (AvgIpc) is 2.78. The highest BCUT2D eigenvalue weighted by atomic mass is 16.1. The van der Waals surface area contributed by atoms with Crippen molar-refractivity contribution in [2.24, 2.45) is 10.2 Å². The van der Waals surface area contributed by atoms with Gasteiger partial charge in [-0.3, -0.25) is 20.4 Å². The Balaban J connectivity index is 1.29. The lowest BCUT2D eigenvalue weighted by atomic mass is 9.97. The van der Waals surface area contributed by atoms with Crippen molar-refractivity contribution in [3.05, 3.63) is 59.7 Å². The van der Waals surface area contributed by atoms with Gasteiger partial charge in [-0.15, -0.1) is 0 Å². The van der Waals surface area contributed by atoms with Crippen LogP contribution in [-0.4, -0.2) is 23.0 Å². The van der Waals surface area contributed by atoms with E-state index in [4.69, 9.17) is 0 Å². The molecule has 6 heteroatoms. The molecule has 2 aromatic rings. The molecular weight excluding hydrogens is 388 g/mol. The number of rotatable bonds is 6. The highest BCUT2D eigenvalue weighted by Gasteiger charge is 2.15. The Morgan fingerprint density at radius 1 is 0.613 bits per heavy atom. The number of carbonyl (C=O) groups excluding carboxylic acids is 2. The van der Waals surface area contributed by atoms with Gasteiger partial charge < -0.3 is 0 Å². The predicted octanol–water partition coefficient (Wildman–Crippen LogP) is 5.10. The van der Waals surface area contributed by atoms with E-state index in [-0.39, 0.29) is 11.6 Å². The first-order chi connectivity index (χ1) is 15.1. The van der Waals surface area contributed by atoms with Gasteiger partial charge in [0.15, 0.2) is 0 Å². The molecule has 2 aliphatic rings. The minimum Gasteiger partial charge on any atom is -0.299 e. The van der Waals surface area contributed by atoms with Crippen LogP contribution in [0.1, 0.15) is 62.5 Å². The molecule has 2 fully saturated rings. The molecular formula is C25H28N4O2. The Bertz CT molecular complexity index is 910. The third-order valence-electron chi connectivity index (χ3n) is 5.65. The van der Waals surface area contributed by atoms with E-state index in [0.29, 0.717) is 25.7 Å². The van der Waals surface area contributed by atoms with Crippen LogP contribution < -0.4 is 10.9 Å². The van der Waals surface area contributed by atoms with E-state index in [1.54, 1.807) is 0 Å². The topological polar surface area (TPSA) is 82.9 Å². The Morgan fingerprint density at radius 2 is 1.03 bits per heavy atom. The number of anilines is 2. The van der Waals surface area contributed by atoms with E-state index in [9.17, 15) is 9.59 Å². The molecule has 0 unspecified atom stereocenters. The molecule has 2 aromatic carbocycles. The summed E-state index contributed by atoms with van der Waals surface area (Å²) in [4.78, 5) is 23.0. The fraction of sp³-hybridized carbons (Fsp3) is 0.360. The van der Waals surface area contributed by atoms with Gasteiger partial charge in [-0.2, -0.15) is 10.2 Å². The van der Waals surface area contributed by atoms with Crippen molar-refractivity contribution in [2.75, 3.05) is 10.9 Å². The number of hydrogen-bond donors (Lipinski definition) is 2. The number of benzene rings is 2. The second-order valence-electron chi connectivity index (χ2n) is 8.29. The first kappa shape index (κ1) is 21.0. The molecule has 2 saturated carbocycles. The van der Waals surface area contributed by atoms with Crippen LogP contribution in [0.3, 0.4) is 0 Å². The lowest BCUT2D eigenvalue weighted by Crippen LogP contribution is -2.15. The number of hydrogen-bond acceptors (Lipinski definition) is 6. The fourth-order valence-corrected chi connectivity index (χ4v) is 3.90. The predicted molar refractivity (Wildman–Crippen MR) is 125 cm³/mol. The van der Waals surface area contributed by atoms with E-state index in [2.05, 4.69) is 45.3 Å². The number of ketones is 2. The zero-order chi connectivity index (χ0) is 21.5. The number of hydrazone groups is 2. The van der Waals surface area contributed by atoms with E-state index in [1.165, 1.54) is 11.1 Å². The molecule has 0 amide bonds. The standard InChI is InChI=1S/C25H28N4O2/c30-24-5-1-3-22(16-24)28-26-20-11-7-18(8-12-20)15-19-9-13-21(14-10-19)27-29-23-4-2-6-25(31)17-23/h7-14,26-27H,1-6,15-17H2/b28-22-,29-23-. The van der Waals surface area contributed by atoms with Crippen LogP contribution in [0, 0.1) is 0 Å². The van der Waals surface area contributed by atoms with Crippen molar-refractivity contribution in [3.63, 3.8) is 0 Å². The molecule has 0 radical (unpaired) electrons. The Kier molecular flexibility index (Phi) is 6.87. The van der Waals surface area contributed by atoms with Gasteiger partial charge >= 0.3 is 0 Å². The molecule has 0 aliphatic heterocycles. The maximum absolute atomic E-state index is 11.5. The Hall–Kier alpha value is -3.28. The Labute approximate surface area is 182 Å². The van der Waals surface area contributed by atoms with Gasteiger partial charge in [0.2, 0.25) is 0 Å². The molecule has 0 saturated heterocycles. The van der Waals surface area contributed by atoms with Crippen LogP contribution in [0.25, 0.3) is 0 Å². The van der Waals surface area contributed by atoms with Crippen molar-refractivity contribution >= 4 is 34.4 Å². The molecule has 31 heavy (non-hydrogen) atoms. The quantitative estimate of drug-likeness (QED) is 0.642. The van der Waals surface area contributed by atoms with Crippen LogP contribution in [-0.2, 0) is 16.0 Å².